The quantitative estimate of drug-likeness (QED) is 0.757. The van der Waals surface area contributed by atoms with Crippen molar-refractivity contribution in [3.8, 4) is 6.07 Å². The highest BCUT2D eigenvalue weighted by molar-refractivity contribution is 6.10. The van der Waals surface area contributed by atoms with Gasteiger partial charge in [0.2, 0.25) is 0 Å². The lowest BCUT2D eigenvalue weighted by Crippen LogP contribution is -2.65. The number of nitrogens with zero attached hydrogens (tertiary/aromatic N) is 2. The van der Waals surface area contributed by atoms with Crippen LogP contribution in [-0.4, -0.2) is 29.3 Å². The molecule has 1 unspecified atom stereocenters. The number of halogens is 3. The number of benzene rings is 2. The predicted octanol–water partition coefficient (Wildman–Crippen LogP) is 3.69. The van der Waals surface area contributed by atoms with Gasteiger partial charge in [-0.25, -0.2) is 13.2 Å². The van der Waals surface area contributed by atoms with Crippen molar-refractivity contribution in [1.82, 2.24) is 10.2 Å². The highest BCUT2D eigenvalue weighted by Gasteiger charge is 2.48. The summed E-state index contributed by atoms with van der Waals surface area (Å²) in [5.41, 5.74) is -1.40. The third-order valence-electron chi connectivity index (χ3n) is 5.78. The molecule has 8 heteroatoms. The van der Waals surface area contributed by atoms with Crippen LogP contribution in [0.15, 0.2) is 42.1 Å². The predicted molar refractivity (Wildman–Crippen MR) is 108 cm³/mol. The lowest BCUT2D eigenvalue weighted by Gasteiger charge is -2.44. The van der Waals surface area contributed by atoms with E-state index in [1.165, 1.54) is 43.1 Å². The summed E-state index contributed by atoms with van der Waals surface area (Å²) >= 11 is 0. The van der Waals surface area contributed by atoms with Gasteiger partial charge in [-0.15, -0.1) is 0 Å². The molecule has 160 valence electrons. The number of allylic oxidation sites excluding steroid dienone is 1. The molecule has 0 bridgehead atoms. The van der Waals surface area contributed by atoms with Crippen molar-refractivity contribution in [2.24, 2.45) is 0 Å². The summed E-state index contributed by atoms with van der Waals surface area (Å²) in [5.74, 6) is -3.97. The van der Waals surface area contributed by atoms with Crippen molar-refractivity contribution in [3.63, 3.8) is 0 Å². The molecule has 2 aromatic carbocycles. The molecule has 1 aliphatic rings. The normalized spacial score (nSPS) is 20.4. The fraction of sp³-hybridized carbons (Fsp3) is 0.261. The number of likely N-dealkylation sites (N-methyl/N-ethyl adjacent to an activating group) is 1. The molecule has 1 atom stereocenters. The van der Waals surface area contributed by atoms with Crippen molar-refractivity contribution >= 4 is 17.4 Å². The highest BCUT2D eigenvalue weighted by Crippen LogP contribution is 2.33. The van der Waals surface area contributed by atoms with E-state index in [0.29, 0.717) is 5.56 Å². The Kier molecular flexibility index (Phi) is 5.89. The zero-order valence-electron chi connectivity index (χ0n) is 17.2. The van der Waals surface area contributed by atoms with Crippen molar-refractivity contribution in [3.05, 3.63) is 76.2 Å². The number of nitrogens with one attached hydrogen (secondary N) is 1. The number of carbonyl (C=O) groups excluding carboxylic acids is 2. The highest BCUT2D eigenvalue weighted by atomic mass is 19.2. The number of rotatable bonds is 4. The molecule has 1 fully saturated rings. The molecule has 1 heterocycles. The molecule has 1 aliphatic heterocycles. The van der Waals surface area contributed by atoms with E-state index < -0.39 is 34.8 Å². The monoisotopic (exact) mass is 427 g/mol. The molecule has 5 nitrogen and oxygen atoms in total. The molecule has 0 spiro atoms. The second-order valence-corrected chi connectivity index (χ2v) is 7.40. The van der Waals surface area contributed by atoms with Gasteiger partial charge in [0.15, 0.2) is 11.6 Å². The molecule has 1 saturated heterocycles. The van der Waals surface area contributed by atoms with E-state index in [1.54, 1.807) is 13.0 Å². The molecule has 0 saturated carbocycles. The fourth-order valence-corrected chi connectivity index (χ4v) is 3.85. The van der Waals surface area contributed by atoms with Gasteiger partial charge < -0.3 is 10.2 Å². The summed E-state index contributed by atoms with van der Waals surface area (Å²) < 4.78 is 41.5. The smallest absolute Gasteiger partial charge is 0.271 e. The van der Waals surface area contributed by atoms with E-state index in [4.69, 9.17) is 0 Å². The van der Waals surface area contributed by atoms with Crippen LogP contribution in [0.3, 0.4) is 0 Å². The van der Waals surface area contributed by atoms with Crippen LogP contribution < -0.4 is 5.32 Å². The van der Waals surface area contributed by atoms with Crippen molar-refractivity contribution < 1.29 is 22.8 Å². The van der Waals surface area contributed by atoms with Crippen molar-refractivity contribution in [1.29, 1.82) is 5.26 Å². The van der Waals surface area contributed by atoms with Crippen LogP contribution in [0.1, 0.15) is 37.0 Å². The molecule has 1 N–H and O–H groups in total. The molecule has 3 rings (SSSR count). The number of amides is 2. The minimum absolute atomic E-state index is 0.0507. The molecule has 0 aliphatic carbocycles. The maximum atomic E-state index is 14.5. The van der Waals surface area contributed by atoms with E-state index in [9.17, 15) is 28.0 Å². The van der Waals surface area contributed by atoms with Crippen LogP contribution in [-0.2, 0) is 16.0 Å². The molecule has 0 aromatic heterocycles. The Labute approximate surface area is 177 Å². The van der Waals surface area contributed by atoms with Crippen LogP contribution in [0.2, 0.25) is 0 Å². The van der Waals surface area contributed by atoms with Crippen LogP contribution in [0.5, 0.6) is 0 Å². The Morgan fingerprint density at radius 1 is 1.13 bits per heavy atom. The summed E-state index contributed by atoms with van der Waals surface area (Å²) in [5, 5.41) is 11.8. The molecule has 2 amide bonds. The number of hydrogen-bond donors (Lipinski definition) is 1. The van der Waals surface area contributed by atoms with Crippen LogP contribution in [0.4, 0.5) is 13.2 Å². The van der Waals surface area contributed by atoms with Gasteiger partial charge in [-0.05, 0) is 48.7 Å². The van der Waals surface area contributed by atoms with Crippen LogP contribution in [0, 0.1) is 28.8 Å². The Morgan fingerprint density at radius 2 is 1.77 bits per heavy atom. The van der Waals surface area contributed by atoms with E-state index in [0.717, 1.165) is 12.1 Å². The molecule has 0 radical (unpaired) electrons. The summed E-state index contributed by atoms with van der Waals surface area (Å²) in [4.78, 5) is 27.6. The first kappa shape index (κ1) is 22.1. The van der Waals surface area contributed by atoms with Crippen LogP contribution >= 0.6 is 0 Å². The Bertz CT molecular complexity index is 1140. The van der Waals surface area contributed by atoms with Gasteiger partial charge in [0.25, 0.3) is 11.8 Å². The molecular formula is C23H20F3N3O2. The number of hydrogen-bond acceptors (Lipinski definition) is 3. The summed E-state index contributed by atoms with van der Waals surface area (Å²) in [7, 11) is 1.45. The zero-order chi connectivity index (χ0) is 22.9. The summed E-state index contributed by atoms with van der Waals surface area (Å²) in [6.07, 6.45) is 0.407. The van der Waals surface area contributed by atoms with Crippen LogP contribution in [0.25, 0.3) is 5.57 Å². The molecular weight excluding hydrogens is 407 g/mol. The maximum absolute atomic E-state index is 14.5. The first-order chi connectivity index (χ1) is 14.7. The average Bonchev–Trinajstić information content (AvgIpc) is 2.76. The number of piperazine rings is 1. The number of nitriles is 1. The van der Waals surface area contributed by atoms with Gasteiger partial charge in [0.1, 0.15) is 17.1 Å². The number of carbonyl (C=O) groups is 2. The van der Waals surface area contributed by atoms with Crippen molar-refractivity contribution in [2.45, 2.75) is 32.2 Å². The first-order valence-corrected chi connectivity index (χ1v) is 9.59. The third-order valence-corrected chi connectivity index (χ3v) is 5.78. The topological polar surface area (TPSA) is 73.2 Å². The SMILES string of the molecule is CCC1(Cc2ccc(F)cc2)C(=O)NC(=C(C)c2c(C#N)ccc(F)c2F)C(=O)N1C. The maximum Gasteiger partial charge on any atom is 0.271 e. The second kappa shape index (κ2) is 8.26. The minimum Gasteiger partial charge on any atom is -0.325 e. The minimum atomic E-state index is -1.27. The summed E-state index contributed by atoms with van der Waals surface area (Å²) in [6, 6.07) is 9.33. The zero-order valence-corrected chi connectivity index (χ0v) is 17.2. The van der Waals surface area contributed by atoms with E-state index in [2.05, 4.69) is 5.32 Å². The Hall–Kier alpha value is -3.60. The fourth-order valence-electron chi connectivity index (χ4n) is 3.85. The largest absolute Gasteiger partial charge is 0.325 e. The Morgan fingerprint density at radius 3 is 2.35 bits per heavy atom. The summed E-state index contributed by atoms with van der Waals surface area (Å²) in [6.45, 7) is 3.09. The molecule has 31 heavy (non-hydrogen) atoms. The van der Waals surface area contributed by atoms with Gasteiger partial charge in [-0.3, -0.25) is 9.59 Å². The standard InChI is InChI=1S/C23H20F3N3O2/c1-4-23(11-14-5-8-16(24)9-6-14)22(31)28-20(21(30)29(23)3)13(2)18-15(12-27)7-10-17(25)19(18)26/h5-10H,4,11H2,1-3H3,(H,28,31). The van der Waals surface area contributed by atoms with Crippen molar-refractivity contribution in [2.75, 3.05) is 7.05 Å². The lowest BCUT2D eigenvalue weighted by atomic mass is 9.83. The van der Waals surface area contributed by atoms with E-state index >= 15 is 0 Å². The lowest BCUT2D eigenvalue weighted by molar-refractivity contribution is -0.148. The van der Waals surface area contributed by atoms with Gasteiger partial charge in [0.05, 0.1) is 11.6 Å². The van der Waals surface area contributed by atoms with Gasteiger partial charge in [-0.1, -0.05) is 19.1 Å². The molecule has 2 aromatic rings. The van der Waals surface area contributed by atoms with Gasteiger partial charge in [0, 0.05) is 19.0 Å². The third kappa shape index (κ3) is 3.67. The average molecular weight is 427 g/mol. The van der Waals surface area contributed by atoms with Gasteiger partial charge >= 0.3 is 0 Å². The second-order valence-electron chi connectivity index (χ2n) is 7.40. The van der Waals surface area contributed by atoms with Gasteiger partial charge in [-0.2, -0.15) is 5.26 Å². The van der Waals surface area contributed by atoms with E-state index in [1.807, 2.05) is 0 Å². The Balaban J connectivity index is 2.08. The van der Waals surface area contributed by atoms with E-state index in [-0.39, 0.29) is 35.2 Å². The first-order valence-electron chi connectivity index (χ1n) is 9.59.